The molecule has 4 saturated heterocycles. The lowest BCUT2D eigenvalue weighted by Crippen LogP contribution is -2.58. The van der Waals surface area contributed by atoms with E-state index in [-0.39, 0.29) is 0 Å². The molecule has 144 valence electrons. The van der Waals surface area contributed by atoms with Gasteiger partial charge in [0, 0.05) is 25.7 Å². The summed E-state index contributed by atoms with van der Waals surface area (Å²) in [4.78, 5) is 5.52. The SMILES string of the molecule is Cc1ccc(S(=O)(=O)NC[C@@H]2C[C@H]3CCN2C[C@@H]3CN2CCCC2)cc1. The van der Waals surface area contributed by atoms with E-state index < -0.39 is 10.0 Å². The lowest BCUT2D eigenvalue weighted by atomic mass is 9.75. The number of hydrogen-bond donors (Lipinski definition) is 1. The Hall–Kier alpha value is -0.950. The van der Waals surface area contributed by atoms with E-state index in [1.807, 2.05) is 19.1 Å². The molecule has 0 aliphatic carbocycles. The average molecular weight is 378 g/mol. The maximum Gasteiger partial charge on any atom is 0.240 e. The van der Waals surface area contributed by atoms with Gasteiger partial charge in [0.2, 0.25) is 10.0 Å². The highest BCUT2D eigenvalue weighted by atomic mass is 32.2. The molecule has 0 radical (unpaired) electrons. The van der Waals surface area contributed by atoms with Crippen LogP contribution in [0.5, 0.6) is 0 Å². The van der Waals surface area contributed by atoms with Crippen LogP contribution in [-0.2, 0) is 10.0 Å². The van der Waals surface area contributed by atoms with Crippen molar-refractivity contribution in [3.05, 3.63) is 29.8 Å². The number of likely N-dealkylation sites (tertiary alicyclic amines) is 1. The van der Waals surface area contributed by atoms with Crippen LogP contribution in [0.1, 0.15) is 31.2 Å². The van der Waals surface area contributed by atoms with Crippen molar-refractivity contribution in [1.29, 1.82) is 0 Å². The Morgan fingerprint density at radius 1 is 1.12 bits per heavy atom. The fourth-order valence-corrected chi connectivity index (χ4v) is 6.05. The standard InChI is InChI=1S/C20H31N3O2S/c1-16-4-6-20(7-5-16)26(24,25)21-13-19-12-17-8-11-23(19)15-18(17)14-22-9-2-3-10-22/h4-7,17-19,21H,2-3,8-15H2,1H3/t17-,18+,19+/m1/s1. The number of hydrogen-bond acceptors (Lipinski definition) is 4. The van der Waals surface area contributed by atoms with Crippen molar-refractivity contribution >= 4 is 10.0 Å². The van der Waals surface area contributed by atoms with E-state index in [1.54, 1.807) is 12.1 Å². The summed E-state index contributed by atoms with van der Waals surface area (Å²) < 4.78 is 28.0. The third-order valence-corrected chi connectivity index (χ3v) is 7.99. The second-order valence-electron chi connectivity index (χ2n) is 8.37. The normalized spacial score (nSPS) is 32.2. The summed E-state index contributed by atoms with van der Waals surface area (Å²) in [5.41, 5.74) is 1.07. The molecule has 0 aromatic heterocycles. The van der Waals surface area contributed by atoms with Gasteiger partial charge in [-0.2, -0.15) is 0 Å². The number of piperidine rings is 3. The molecular formula is C20H31N3O2S. The Kier molecular flexibility index (Phi) is 5.37. The summed E-state index contributed by atoms with van der Waals surface area (Å²) in [6, 6.07) is 7.44. The minimum absolute atomic E-state index is 0.351. The van der Waals surface area contributed by atoms with Crippen molar-refractivity contribution in [2.24, 2.45) is 11.8 Å². The van der Waals surface area contributed by atoms with Crippen LogP contribution in [0.4, 0.5) is 0 Å². The number of benzene rings is 1. The summed E-state index contributed by atoms with van der Waals surface area (Å²) in [5.74, 6) is 1.53. The summed E-state index contributed by atoms with van der Waals surface area (Å²) in [6.45, 7) is 8.53. The van der Waals surface area contributed by atoms with Gasteiger partial charge in [-0.1, -0.05) is 17.7 Å². The molecule has 1 unspecified atom stereocenters. The van der Waals surface area contributed by atoms with Crippen molar-refractivity contribution in [2.75, 3.05) is 39.3 Å². The first-order valence-electron chi connectivity index (χ1n) is 10.0. The van der Waals surface area contributed by atoms with Crippen LogP contribution in [0.25, 0.3) is 0 Å². The number of nitrogens with zero attached hydrogens (tertiary/aromatic N) is 2. The van der Waals surface area contributed by atoms with Crippen LogP contribution in [0.3, 0.4) is 0 Å². The van der Waals surface area contributed by atoms with Gasteiger partial charge in [0.1, 0.15) is 0 Å². The zero-order chi connectivity index (χ0) is 18.1. The molecule has 6 heteroatoms. The van der Waals surface area contributed by atoms with Gasteiger partial charge >= 0.3 is 0 Å². The number of rotatable bonds is 6. The molecule has 0 amide bonds. The van der Waals surface area contributed by atoms with Crippen LogP contribution in [0, 0.1) is 18.8 Å². The lowest BCUT2D eigenvalue weighted by molar-refractivity contribution is -0.00770. The highest BCUT2D eigenvalue weighted by Crippen LogP contribution is 2.37. The Bertz CT molecular complexity index is 713. The van der Waals surface area contributed by atoms with Gasteiger partial charge in [-0.05, 0) is 76.2 Å². The topological polar surface area (TPSA) is 52.7 Å². The van der Waals surface area contributed by atoms with Gasteiger partial charge in [-0.25, -0.2) is 13.1 Å². The van der Waals surface area contributed by atoms with E-state index >= 15 is 0 Å². The number of fused-ring (bicyclic) bond motifs is 3. The van der Waals surface area contributed by atoms with Gasteiger partial charge in [0.25, 0.3) is 0 Å². The maximum absolute atomic E-state index is 12.6. The lowest BCUT2D eigenvalue weighted by Gasteiger charge is -2.50. The highest BCUT2D eigenvalue weighted by Gasteiger charge is 2.40. The first-order chi connectivity index (χ1) is 12.5. The van der Waals surface area contributed by atoms with E-state index in [1.165, 1.54) is 38.9 Å². The predicted octanol–water partition coefficient (Wildman–Crippen LogP) is 2.08. The maximum atomic E-state index is 12.6. The second-order valence-corrected chi connectivity index (χ2v) is 10.1. The van der Waals surface area contributed by atoms with Crippen molar-refractivity contribution < 1.29 is 8.42 Å². The van der Waals surface area contributed by atoms with Crippen molar-refractivity contribution in [2.45, 2.75) is 43.5 Å². The van der Waals surface area contributed by atoms with Crippen LogP contribution in [0.15, 0.2) is 29.2 Å². The quantitative estimate of drug-likeness (QED) is 0.825. The molecule has 2 bridgehead atoms. The van der Waals surface area contributed by atoms with E-state index in [2.05, 4.69) is 14.5 Å². The van der Waals surface area contributed by atoms with Crippen LogP contribution < -0.4 is 4.72 Å². The molecule has 1 aromatic rings. The molecule has 5 rings (SSSR count). The fourth-order valence-electron chi connectivity index (χ4n) is 4.97. The van der Waals surface area contributed by atoms with Crippen LogP contribution >= 0.6 is 0 Å². The fraction of sp³-hybridized carbons (Fsp3) is 0.700. The third kappa shape index (κ3) is 3.98. The first-order valence-corrected chi connectivity index (χ1v) is 11.5. The van der Waals surface area contributed by atoms with Crippen molar-refractivity contribution in [3.63, 3.8) is 0 Å². The largest absolute Gasteiger partial charge is 0.303 e. The number of sulfonamides is 1. The average Bonchev–Trinajstić information content (AvgIpc) is 3.14. The van der Waals surface area contributed by atoms with Crippen LogP contribution in [-0.4, -0.2) is 63.5 Å². The minimum Gasteiger partial charge on any atom is -0.303 e. The number of aryl methyl sites for hydroxylation is 1. The highest BCUT2D eigenvalue weighted by molar-refractivity contribution is 7.89. The Labute approximate surface area is 157 Å². The molecule has 4 aliphatic heterocycles. The second kappa shape index (κ2) is 7.58. The Balaban J connectivity index is 1.33. The molecule has 0 spiro atoms. The molecule has 4 aliphatic rings. The molecule has 4 heterocycles. The molecular weight excluding hydrogens is 346 g/mol. The van der Waals surface area contributed by atoms with Gasteiger partial charge in [-0.15, -0.1) is 0 Å². The van der Waals surface area contributed by atoms with Crippen LogP contribution in [0.2, 0.25) is 0 Å². The summed E-state index contributed by atoms with van der Waals surface area (Å²) in [6.07, 6.45) is 5.11. The molecule has 5 nitrogen and oxygen atoms in total. The summed E-state index contributed by atoms with van der Waals surface area (Å²) >= 11 is 0. The molecule has 26 heavy (non-hydrogen) atoms. The summed E-state index contributed by atoms with van der Waals surface area (Å²) in [7, 11) is -3.41. The Morgan fingerprint density at radius 2 is 1.85 bits per heavy atom. The van der Waals surface area contributed by atoms with Gasteiger partial charge in [0.05, 0.1) is 4.90 Å². The van der Waals surface area contributed by atoms with E-state index in [9.17, 15) is 8.42 Å². The monoisotopic (exact) mass is 377 g/mol. The van der Waals surface area contributed by atoms with Crippen molar-refractivity contribution in [1.82, 2.24) is 14.5 Å². The molecule has 0 saturated carbocycles. The van der Waals surface area contributed by atoms with Gasteiger partial charge < -0.3 is 4.90 Å². The Morgan fingerprint density at radius 3 is 2.50 bits per heavy atom. The minimum atomic E-state index is -3.41. The third-order valence-electron chi connectivity index (χ3n) is 6.55. The number of nitrogens with one attached hydrogen (secondary N) is 1. The first kappa shape index (κ1) is 18.4. The molecule has 4 fully saturated rings. The molecule has 1 aromatic carbocycles. The molecule has 4 atom stereocenters. The van der Waals surface area contributed by atoms with Gasteiger partial charge in [-0.3, -0.25) is 4.90 Å². The van der Waals surface area contributed by atoms with Crippen molar-refractivity contribution in [3.8, 4) is 0 Å². The predicted molar refractivity (Wildman–Crippen MR) is 104 cm³/mol. The van der Waals surface area contributed by atoms with E-state index in [4.69, 9.17) is 0 Å². The van der Waals surface area contributed by atoms with E-state index in [0.29, 0.717) is 17.5 Å². The zero-order valence-electron chi connectivity index (χ0n) is 15.7. The molecule has 1 N–H and O–H groups in total. The smallest absolute Gasteiger partial charge is 0.240 e. The zero-order valence-corrected chi connectivity index (χ0v) is 16.5. The summed E-state index contributed by atoms with van der Waals surface area (Å²) in [5, 5.41) is 0. The van der Waals surface area contributed by atoms with Gasteiger partial charge in [0.15, 0.2) is 0 Å². The van der Waals surface area contributed by atoms with E-state index in [0.717, 1.165) is 36.9 Å².